The maximum atomic E-state index is 13.2. The zero-order chi connectivity index (χ0) is 30.4. The standard InChI is InChI=1S/C30H42N2O9/c1-15(2)14-20(31-26(35)17(4)33)28(37)39-18(5)27(36)40-22-10-11-30(38)19(6)32(7)13-12-29(30)23-16(3)8-9-21(34)24(23)41-25(22)29/h8-10,15,17-20,25,33-34,38H,11-14H2,1-7H3,(H,31,35)/t17-,18-,19+,20-,25-,29-,30+/m0/s1. The average molecular weight is 575 g/mol. The number of ether oxygens (including phenoxy) is 3. The maximum absolute atomic E-state index is 13.2. The molecule has 1 fully saturated rings. The Balaban J connectivity index is 1.59. The molecule has 3 aliphatic rings. The molecule has 7 atom stereocenters. The van der Waals surface area contributed by atoms with Gasteiger partial charge in [-0.3, -0.25) is 4.79 Å². The number of nitrogens with zero attached hydrogens (tertiary/aromatic N) is 1. The minimum Gasteiger partial charge on any atom is -0.504 e. The number of piperidine rings is 1. The first-order valence-corrected chi connectivity index (χ1v) is 14.2. The first-order chi connectivity index (χ1) is 19.1. The van der Waals surface area contributed by atoms with E-state index in [1.807, 2.05) is 34.7 Å². The number of rotatable bonds is 8. The monoisotopic (exact) mass is 574 g/mol. The molecule has 11 nitrogen and oxygen atoms in total. The fourth-order valence-electron chi connectivity index (χ4n) is 6.49. The molecule has 1 spiro atoms. The molecule has 0 aromatic heterocycles. The maximum Gasteiger partial charge on any atom is 0.352 e. The van der Waals surface area contributed by atoms with Crippen molar-refractivity contribution >= 4 is 17.8 Å². The average Bonchev–Trinajstić information content (AvgIpc) is 3.27. The number of hydrogen-bond donors (Lipinski definition) is 4. The van der Waals surface area contributed by atoms with Gasteiger partial charge in [-0.05, 0) is 77.8 Å². The van der Waals surface area contributed by atoms with Crippen molar-refractivity contribution in [2.24, 2.45) is 5.92 Å². The van der Waals surface area contributed by atoms with Gasteiger partial charge in [0.05, 0.1) is 11.0 Å². The molecule has 1 amide bonds. The van der Waals surface area contributed by atoms with Crippen LogP contribution in [-0.4, -0.2) is 87.7 Å². The van der Waals surface area contributed by atoms with Crippen LogP contribution in [0, 0.1) is 12.8 Å². The van der Waals surface area contributed by atoms with Gasteiger partial charge in [0.1, 0.15) is 17.9 Å². The Hall–Kier alpha value is -3.15. The third kappa shape index (κ3) is 5.19. The van der Waals surface area contributed by atoms with Crippen LogP contribution in [0.15, 0.2) is 24.0 Å². The number of amides is 1. The molecule has 0 unspecified atom stereocenters. The van der Waals surface area contributed by atoms with E-state index < -0.39 is 53.2 Å². The van der Waals surface area contributed by atoms with E-state index >= 15 is 0 Å². The fraction of sp³-hybridized carbons (Fsp3) is 0.633. The molecule has 1 aliphatic carbocycles. The van der Waals surface area contributed by atoms with Gasteiger partial charge < -0.3 is 39.7 Å². The van der Waals surface area contributed by atoms with Crippen LogP contribution in [-0.2, 0) is 29.3 Å². The minimum atomic E-state index is -1.33. The number of likely N-dealkylation sites (tertiary alicyclic amines) is 1. The van der Waals surface area contributed by atoms with Gasteiger partial charge in [0.2, 0.25) is 5.91 Å². The first kappa shape index (κ1) is 30.8. The van der Waals surface area contributed by atoms with Crippen molar-refractivity contribution < 1.29 is 43.9 Å². The zero-order valence-electron chi connectivity index (χ0n) is 24.8. The third-order valence-corrected chi connectivity index (χ3v) is 8.86. The molecule has 1 aromatic carbocycles. The number of aryl methyl sites for hydroxylation is 1. The van der Waals surface area contributed by atoms with E-state index in [-0.39, 0.29) is 42.1 Å². The summed E-state index contributed by atoms with van der Waals surface area (Å²) in [5.41, 5.74) is -0.721. The first-order valence-electron chi connectivity index (χ1n) is 14.2. The number of aromatic hydroxyl groups is 1. The van der Waals surface area contributed by atoms with E-state index in [4.69, 9.17) is 14.2 Å². The van der Waals surface area contributed by atoms with Crippen molar-refractivity contribution in [1.82, 2.24) is 10.2 Å². The van der Waals surface area contributed by atoms with Gasteiger partial charge in [0.25, 0.3) is 0 Å². The van der Waals surface area contributed by atoms with Crippen molar-refractivity contribution in [1.29, 1.82) is 0 Å². The van der Waals surface area contributed by atoms with Gasteiger partial charge >= 0.3 is 11.9 Å². The number of carbonyl (C=O) groups is 3. The van der Waals surface area contributed by atoms with Crippen molar-refractivity contribution in [3.05, 3.63) is 35.1 Å². The third-order valence-electron chi connectivity index (χ3n) is 8.86. The van der Waals surface area contributed by atoms with Crippen LogP contribution >= 0.6 is 0 Å². The molecule has 1 aromatic rings. The smallest absolute Gasteiger partial charge is 0.352 e. The summed E-state index contributed by atoms with van der Waals surface area (Å²) < 4.78 is 17.5. The van der Waals surface area contributed by atoms with Crippen molar-refractivity contribution in [3.8, 4) is 11.5 Å². The van der Waals surface area contributed by atoms with E-state index in [0.29, 0.717) is 18.5 Å². The molecule has 0 bridgehead atoms. The van der Waals surface area contributed by atoms with E-state index in [2.05, 4.69) is 10.2 Å². The molecular formula is C30H42N2O9. The molecule has 2 aliphatic heterocycles. The number of fused-ring (bicyclic) bond motifs is 1. The van der Waals surface area contributed by atoms with Crippen molar-refractivity contribution in [2.75, 3.05) is 13.6 Å². The molecule has 4 rings (SSSR count). The van der Waals surface area contributed by atoms with Crippen LogP contribution in [0.25, 0.3) is 0 Å². The largest absolute Gasteiger partial charge is 0.504 e. The summed E-state index contributed by atoms with van der Waals surface area (Å²) in [7, 11) is 1.95. The van der Waals surface area contributed by atoms with E-state index in [1.54, 1.807) is 18.2 Å². The second-order valence-corrected chi connectivity index (χ2v) is 12.1. The number of phenols is 1. The molecule has 4 N–H and O–H groups in total. The number of benzene rings is 1. The highest BCUT2D eigenvalue weighted by Gasteiger charge is 2.69. The Kier molecular flexibility index (Phi) is 8.46. The second-order valence-electron chi connectivity index (χ2n) is 12.1. The Morgan fingerprint density at radius 1 is 1.20 bits per heavy atom. The molecular weight excluding hydrogens is 532 g/mol. The fourth-order valence-corrected chi connectivity index (χ4v) is 6.49. The van der Waals surface area contributed by atoms with Crippen LogP contribution in [0.5, 0.6) is 11.5 Å². The van der Waals surface area contributed by atoms with Crippen LogP contribution in [0.1, 0.15) is 65.0 Å². The highest BCUT2D eigenvalue weighted by Crippen LogP contribution is 2.62. The predicted molar refractivity (Wildman–Crippen MR) is 148 cm³/mol. The number of nitrogens with one attached hydrogen (secondary N) is 1. The molecule has 226 valence electrons. The Bertz CT molecular complexity index is 1240. The Morgan fingerprint density at radius 3 is 2.51 bits per heavy atom. The minimum absolute atomic E-state index is 0.0180. The summed E-state index contributed by atoms with van der Waals surface area (Å²) in [6, 6.07) is 2.01. The molecule has 41 heavy (non-hydrogen) atoms. The summed E-state index contributed by atoms with van der Waals surface area (Å²) in [6.45, 7) is 10.9. The normalized spacial score (nSPS) is 29.2. The number of hydrogen-bond acceptors (Lipinski definition) is 10. The highest BCUT2D eigenvalue weighted by atomic mass is 16.6. The zero-order valence-corrected chi connectivity index (χ0v) is 24.8. The molecule has 0 saturated carbocycles. The summed E-state index contributed by atoms with van der Waals surface area (Å²) >= 11 is 0. The quantitative estimate of drug-likeness (QED) is 0.338. The number of aliphatic hydroxyl groups excluding tert-OH is 1. The van der Waals surface area contributed by atoms with Gasteiger partial charge in [0, 0.05) is 18.0 Å². The van der Waals surface area contributed by atoms with E-state index in [0.717, 1.165) is 5.56 Å². The molecule has 11 heteroatoms. The SMILES string of the molecule is Cc1ccc(O)c2c1[C@]13CCN(C)[C@H](C)[C@]1(O)CC=C(OC(=O)[C@H](C)OC(=O)[C@H](CC(C)C)NC(=O)[C@H](C)O)[C@@H]3O2. The summed E-state index contributed by atoms with van der Waals surface area (Å²) in [5.74, 6) is -2.01. The van der Waals surface area contributed by atoms with Gasteiger partial charge in [-0.25, -0.2) is 9.59 Å². The highest BCUT2D eigenvalue weighted by molar-refractivity contribution is 5.88. The lowest BCUT2D eigenvalue weighted by Crippen LogP contribution is -2.71. The number of phenolic OH excluding ortho intramolecular Hbond substituents is 1. The van der Waals surface area contributed by atoms with Crippen LogP contribution < -0.4 is 10.1 Å². The molecule has 2 heterocycles. The number of carbonyl (C=O) groups excluding carboxylic acids is 3. The van der Waals surface area contributed by atoms with Crippen LogP contribution in [0.2, 0.25) is 0 Å². The summed E-state index contributed by atoms with van der Waals surface area (Å²) in [6.07, 6.45) is -0.997. The molecule has 0 radical (unpaired) electrons. The lowest BCUT2D eigenvalue weighted by atomic mass is 9.54. The van der Waals surface area contributed by atoms with Gasteiger partial charge in [-0.15, -0.1) is 0 Å². The van der Waals surface area contributed by atoms with Gasteiger partial charge in [0.15, 0.2) is 23.7 Å². The second kappa shape index (κ2) is 11.3. The topological polar surface area (TPSA) is 155 Å². The Morgan fingerprint density at radius 2 is 1.88 bits per heavy atom. The Labute approximate surface area is 240 Å². The van der Waals surface area contributed by atoms with Crippen molar-refractivity contribution in [2.45, 2.75) is 102 Å². The number of likely N-dealkylation sites (N-methyl/N-ethyl adjacent to an activating group) is 1. The lowest BCUT2D eigenvalue weighted by molar-refractivity contribution is -0.173. The van der Waals surface area contributed by atoms with Gasteiger partial charge in [-0.1, -0.05) is 19.9 Å². The van der Waals surface area contributed by atoms with Crippen LogP contribution in [0.4, 0.5) is 0 Å². The van der Waals surface area contributed by atoms with E-state index in [1.165, 1.54) is 13.8 Å². The number of esters is 2. The number of aliphatic hydroxyl groups is 2. The predicted octanol–water partition coefficient (Wildman–Crippen LogP) is 1.83. The van der Waals surface area contributed by atoms with Gasteiger partial charge in [-0.2, -0.15) is 0 Å². The van der Waals surface area contributed by atoms with E-state index in [9.17, 15) is 29.7 Å². The van der Waals surface area contributed by atoms with Crippen LogP contribution in [0.3, 0.4) is 0 Å². The molecule has 1 saturated heterocycles. The summed E-state index contributed by atoms with van der Waals surface area (Å²) in [5, 5.41) is 35.0. The summed E-state index contributed by atoms with van der Waals surface area (Å²) in [4.78, 5) is 40.3. The lowest BCUT2D eigenvalue weighted by Gasteiger charge is -2.58. The van der Waals surface area contributed by atoms with Crippen molar-refractivity contribution in [3.63, 3.8) is 0 Å².